The van der Waals surface area contributed by atoms with Gasteiger partial charge in [-0.2, -0.15) is 0 Å². The molecule has 0 bridgehead atoms. The SMILES string of the molecule is O=C([O-])C=Cc1cc2ccccc2[nH]1.[Na+]. The molecule has 0 unspecified atom stereocenters. The minimum atomic E-state index is -1.19. The van der Waals surface area contributed by atoms with Crippen LogP contribution in [0.5, 0.6) is 0 Å². The molecule has 4 heteroatoms. The summed E-state index contributed by atoms with van der Waals surface area (Å²) in [4.78, 5) is 13.2. The van der Waals surface area contributed by atoms with Crippen molar-refractivity contribution in [2.24, 2.45) is 0 Å². The van der Waals surface area contributed by atoms with Gasteiger partial charge in [-0.05, 0) is 29.7 Å². The van der Waals surface area contributed by atoms with E-state index in [4.69, 9.17) is 0 Å². The number of carboxylic acids is 1. The number of carbonyl (C=O) groups is 1. The van der Waals surface area contributed by atoms with Gasteiger partial charge < -0.3 is 14.9 Å². The number of H-pyrrole nitrogens is 1. The van der Waals surface area contributed by atoms with Crippen LogP contribution in [0, 0.1) is 0 Å². The molecule has 0 radical (unpaired) electrons. The van der Waals surface area contributed by atoms with Crippen LogP contribution in [0.4, 0.5) is 0 Å². The summed E-state index contributed by atoms with van der Waals surface area (Å²) in [6.45, 7) is 0. The number of aromatic nitrogens is 1. The molecule has 0 atom stereocenters. The van der Waals surface area contributed by atoms with Gasteiger partial charge in [0.15, 0.2) is 0 Å². The number of hydrogen-bond donors (Lipinski definition) is 1. The number of aromatic amines is 1. The molecule has 0 aliphatic rings. The van der Waals surface area contributed by atoms with Crippen molar-refractivity contribution in [3.8, 4) is 0 Å². The Morgan fingerprint density at radius 1 is 1.33 bits per heavy atom. The zero-order valence-electron chi connectivity index (χ0n) is 8.36. The predicted octanol–water partition coefficient (Wildman–Crippen LogP) is -2.06. The predicted molar refractivity (Wildman–Crippen MR) is 52.3 cm³/mol. The zero-order chi connectivity index (χ0) is 9.97. The van der Waals surface area contributed by atoms with E-state index in [2.05, 4.69) is 4.98 Å². The normalized spacial score (nSPS) is 10.4. The van der Waals surface area contributed by atoms with E-state index in [9.17, 15) is 9.90 Å². The van der Waals surface area contributed by atoms with E-state index in [1.165, 1.54) is 6.08 Å². The number of rotatable bonds is 2. The van der Waals surface area contributed by atoms with Crippen LogP contribution >= 0.6 is 0 Å². The molecule has 0 spiro atoms. The van der Waals surface area contributed by atoms with E-state index in [1.807, 2.05) is 30.3 Å². The fourth-order valence-electron chi connectivity index (χ4n) is 1.34. The second kappa shape index (κ2) is 5.16. The Bertz CT molecular complexity index is 469. The summed E-state index contributed by atoms with van der Waals surface area (Å²) in [5, 5.41) is 11.2. The van der Waals surface area contributed by atoms with Crippen molar-refractivity contribution in [1.29, 1.82) is 0 Å². The van der Waals surface area contributed by atoms with Crippen LogP contribution in [-0.4, -0.2) is 11.0 Å². The first-order valence-corrected chi connectivity index (χ1v) is 4.22. The quantitative estimate of drug-likeness (QED) is 0.456. The number of aliphatic carboxylic acids is 1. The van der Waals surface area contributed by atoms with Crippen molar-refractivity contribution in [3.05, 3.63) is 42.1 Å². The number of para-hydroxylation sites is 1. The van der Waals surface area contributed by atoms with Crippen LogP contribution in [0.15, 0.2) is 36.4 Å². The van der Waals surface area contributed by atoms with Gasteiger partial charge in [0.1, 0.15) is 0 Å². The van der Waals surface area contributed by atoms with Gasteiger partial charge in [-0.1, -0.05) is 18.2 Å². The van der Waals surface area contributed by atoms with Crippen LogP contribution < -0.4 is 34.7 Å². The van der Waals surface area contributed by atoms with Crippen LogP contribution in [0.1, 0.15) is 5.69 Å². The molecule has 0 aliphatic heterocycles. The molecule has 3 nitrogen and oxygen atoms in total. The molecule has 70 valence electrons. The fraction of sp³-hybridized carbons (Fsp3) is 0. The minimum absolute atomic E-state index is 0. The first-order chi connectivity index (χ1) is 6.75. The molecule has 2 aromatic rings. The summed E-state index contributed by atoms with van der Waals surface area (Å²) in [5.74, 6) is -1.19. The van der Waals surface area contributed by atoms with Crippen molar-refractivity contribution < 1.29 is 39.5 Å². The van der Waals surface area contributed by atoms with Gasteiger partial charge in [-0.25, -0.2) is 0 Å². The van der Waals surface area contributed by atoms with Gasteiger partial charge in [0.25, 0.3) is 0 Å². The summed E-state index contributed by atoms with van der Waals surface area (Å²) in [6.07, 6.45) is 2.49. The molecule has 0 fully saturated rings. The van der Waals surface area contributed by atoms with Crippen molar-refractivity contribution in [3.63, 3.8) is 0 Å². The fourth-order valence-corrected chi connectivity index (χ4v) is 1.34. The maximum Gasteiger partial charge on any atom is 1.00 e. The molecular formula is C11H8NNaO2. The van der Waals surface area contributed by atoms with Crippen LogP contribution in [0.25, 0.3) is 17.0 Å². The van der Waals surface area contributed by atoms with Crippen molar-refractivity contribution in [2.75, 3.05) is 0 Å². The van der Waals surface area contributed by atoms with E-state index < -0.39 is 5.97 Å². The Morgan fingerprint density at radius 3 is 2.73 bits per heavy atom. The summed E-state index contributed by atoms with van der Waals surface area (Å²) >= 11 is 0. The maximum atomic E-state index is 10.2. The van der Waals surface area contributed by atoms with Gasteiger partial charge in [0.05, 0.1) is 5.97 Å². The number of fused-ring (bicyclic) bond motifs is 1. The maximum absolute atomic E-state index is 10.2. The monoisotopic (exact) mass is 209 g/mol. The standard InChI is InChI=1S/C11H9NO2.Na/c13-11(14)6-5-9-7-8-3-1-2-4-10(8)12-9;/h1-7,12H,(H,13,14);/q;+1/p-1. The third-order valence-corrected chi connectivity index (χ3v) is 1.95. The van der Waals surface area contributed by atoms with Crippen LogP contribution in [0.3, 0.4) is 0 Å². The summed E-state index contributed by atoms with van der Waals surface area (Å²) < 4.78 is 0. The van der Waals surface area contributed by atoms with E-state index >= 15 is 0 Å². The second-order valence-electron chi connectivity index (χ2n) is 2.96. The van der Waals surface area contributed by atoms with Crippen molar-refractivity contribution >= 4 is 22.9 Å². The average Bonchev–Trinajstić information content (AvgIpc) is 2.57. The van der Waals surface area contributed by atoms with Gasteiger partial charge >= 0.3 is 29.6 Å². The molecule has 0 amide bonds. The van der Waals surface area contributed by atoms with Crippen molar-refractivity contribution in [1.82, 2.24) is 4.98 Å². The molecule has 1 heterocycles. The molecular weight excluding hydrogens is 201 g/mol. The molecule has 0 saturated heterocycles. The topological polar surface area (TPSA) is 55.9 Å². The van der Waals surface area contributed by atoms with Crippen LogP contribution in [0.2, 0.25) is 0 Å². The van der Waals surface area contributed by atoms with E-state index in [-0.39, 0.29) is 29.6 Å². The molecule has 2 rings (SSSR count). The summed E-state index contributed by atoms with van der Waals surface area (Å²) in [7, 11) is 0. The average molecular weight is 209 g/mol. The molecule has 0 aliphatic carbocycles. The molecule has 1 N–H and O–H groups in total. The van der Waals surface area contributed by atoms with Crippen molar-refractivity contribution in [2.45, 2.75) is 0 Å². The Labute approximate surface area is 109 Å². The Hall–Kier alpha value is -1.03. The number of benzene rings is 1. The largest absolute Gasteiger partial charge is 1.00 e. The van der Waals surface area contributed by atoms with E-state index in [0.29, 0.717) is 0 Å². The molecule has 15 heavy (non-hydrogen) atoms. The van der Waals surface area contributed by atoms with Gasteiger partial charge in [-0.3, -0.25) is 0 Å². The van der Waals surface area contributed by atoms with Gasteiger partial charge in [-0.15, -0.1) is 0 Å². The van der Waals surface area contributed by atoms with Gasteiger partial charge in [0, 0.05) is 11.2 Å². The van der Waals surface area contributed by atoms with E-state index in [1.54, 1.807) is 0 Å². The first-order valence-electron chi connectivity index (χ1n) is 4.22. The summed E-state index contributed by atoms with van der Waals surface area (Å²) in [5.41, 5.74) is 1.75. The molecule has 1 aromatic carbocycles. The minimum Gasteiger partial charge on any atom is -0.545 e. The van der Waals surface area contributed by atoms with E-state index in [0.717, 1.165) is 22.7 Å². The number of hydrogen-bond acceptors (Lipinski definition) is 2. The molecule has 1 aromatic heterocycles. The Balaban J connectivity index is 0.00000112. The first kappa shape index (κ1) is 12.0. The smallest absolute Gasteiger partial charge is 0.545 e. The summed E-state index contributed by atoms with van der Waals surface area (Å²) in [6, 6.07) is 9.64. The van der Waals surface area contributed by atoms with Crippen LogP contribution in [-0.2, 0) is 4.79 Å². The Kier molecular flexibility index (Phi) is 4.15. The van der Waals surface area contributed by atoms with Gasteiger partial charge in [0.2, 0.25) is 0 Å². The molecule has 0 saturated carbocycles. The third-order valence-electron chi connectivity index (χ3n) is 1.95. The number of carboxylic acid groups (broad SMARTS) is 1. The second-order valence-corrected chi connectivity index (χ2v) is 2.96. The number of nitrogens with one attached hydrogen (secondary N) is 1. The third kappa shape index (κ3) is 2.96. The zero-order valence-corrected chi connectivity index (χ0v) is 10.4. The number of carbonyl (C=O) groups excluding carboxylic acids is 1. The Morgan fingerprint density at radius 2 is 2.07 bits per heavy atom.